The smallest absolute Gasteiger partial charge is 0.318 e. The van der Waals surface area contributed by atoms with Gasteiger partial charge in [0, 0.05) is 31.7 Å². The van der Waals surface area contributed by atoms with Gasteiger partial charge in [-0.3, -0.25) is 4.90 Å². The number of piperazine rings is 1. The van der Waals surface area contributed by atoms with Crippen LogP contribution in [0.15, 0.2) is 55.1 Å². The molecule has 1 saturated heterocycles. The molecule has 2 amide bonds. The first-order valence-corrected chi connectivity index (χ1v) is 9.73. The van der Waals surface area contributed by atoms with E-state index in [1.165, 1.54) is 11.5 Å². The third-order valence-corrected chi connectivity index (χ3v) is 5.51. The largest absolute Gasteiger partial charge is 0.375 e. The molecule has 0 bridgehead atoms. The van der Waals surface area contributed by atoms with Crippen LogP contribution in [0.1, 0.15) is 18.4 Å². The summed E-state index contributed by atoms with van der Waals surface area (Å²) in [7, 11) is 0. The van der Waals surface area contributed by atoms with Crippen molar-refractivity contribution in [2.24, 2.45) is 0 Å². The van der Waals surface area contributed by atoms with Gasteiger partial charge in [-0.25, -0.2) is 4.79 Å². The number of carbonyl (C=O) groups is 1. The van der Waals surface area contributed by atoms with Crippen molar-refractivity contribution in [1.29, 1.82) is 0 Å². The van der Waals surface area contributed by atoms with Crippen molar-refractivity contribution in [1.82, 2.24) is 15.1 Å². The number of benzene rings is 2. The number of amides is 2. The lowest BCUT2D eigenvalue weighted by Crippen LogP contribution is -2.55. The van der Waals surface area contributed by atoms with Gasteiger partial charge in [-0.2, -0.15) is 0 Å². The third kappa shape index (κ3) is 3.89. The Kier molecular flexibility index (Phi) is 5.08. The first-order chi connectivity index (χ1) is 13.6. The van der Waals surface area contributed by atoms with E-state index in [0.29, 0.717) is 26.2 Å². The maximum Gasteiger partial charge on any atom is 0.318 e. The maximum absolute atomic E-state index is 12.7. The van der Waals surface area contributed by atoms with Crippen LogP contribution in [0.2, 0.25) is 0 Å². The van der Waals surface area contributed by atoms with Crippen LogP contribution in [0.4, 0.5) is 4.79 Å². The Balaban J connectivity index is 1.41. The summed E-state index contributed by atoms with van der Waals surface area (Å²) in [5, 5.41) is 15.3. The lowest BCUT2D eigenvalue weighted by molar-refractivity contribution is 0.0133. The van der Waals surface area contributed by atoms with Crippen LogP contribution in [0.3, 0.4) is 0 Å². The number of rotatable bonds is 3. The molecule has 144 valence electrons. The van der Waals surface area contributed by atoms with Gasteiger partial charge in [-0.05, 0) is 35.8 Å². The molecule has 0 spiro atoms. The fourth-order valence-electron chi connectivity index (χ4n) is 3.55. The van der Waals surface area contributed by atoms with Crippen LogP contribution in [-0.2, 0) is 0 Å². The molecule has 5 heteroatoms. The zero-order valence-electron chi connectivity index (χ0n) is 15.9. The summed E-state index contributed by atoms with van der Waals surface area (Å²) in [6.07, 6.45) is 2.63. The average Bonchev–Trinajstić information content (AvgIpc) is 3.51. The van der Waals surface area contributed by atoms with Gasteiger partial charge < -0.3 is 15.3 Å². The number of nitrogens with zero attached hydrogens (tertiary/aromatic N) is 2. The molecule has 1 heterocycles. The van der Waals surface area contributed by atoms with E-state index < -0.39 is 11.8 Å². The highest BCUT2D eigenvalue weighted by Gasteiger charge is 2.43. The van der Waals surface area contributed by atoms with Gasteiger partial charge in [-0.1, -0.05) is 54.8 Å². The molecule has 1 aliphatic heterocycles. The van der Waals surface area contributed by atoms with Gasteiger partial charge >= 0.3 is 6.03 Å². The number of aliphatic hydroxyl groups excluding tert-OH is 1. The highest BCUT2D eigenvalue weighted by molar-refractivity contribution is 5.88. The lowest BCUT2D eigenvalue weighted by atomic mass is 10.0. The summed E-state index contributed by atoms with van der Waals surface area (Å²) in [6, 6.07) is 14.3. The SMILES string of the molecule is C=CC(O)N1CCN(C(=O)NC2(C#Cc3cccc4ccccc34)CC2)CC1. The van der Waals surface area contributed by atoms with Crippen molar-refractivity contribution >= 4 is 16.8 Å². The van der Waals surface area contributed by atoms with Crippen molar-refractivity contribution in [3.63, 3.8) is 0 Å². The Morgan fingerprint density at radius 1 is 1.14 bits per heavy atom. The van der Waals surface area contributed by atoms with Crippen LogP contribution in [0.25, 0.3) is 10.8 Å². The van der Waals surface area contributed by atoms with Gasteiger partial charge in [0.1, 0.15) is 11.8 Å². The van der Waals surface area contributed by atoms with Crippen LogP contribution in [0, 0.1) is 11.8 Å². The van der Waals surface area contributed by atoms with Crippen molar-refractivity contribution < 1.29 is 9.90 Å². The second-order valence-corrected chi connectivity index (χ2v) is 7.46. The Morgan fingerprint density at radius 2 is 1.86 bits per heavy atom. The van der Waals surface area contributed by atoms with E-state index in [-0.39, 0.29) is 6.03 Å². The summed E-state index contributed by atoms with van der Waals surface area (Å²) in [5.74, 6) is 6.61. The Labute approximate surface area is 165 Å². The van der Waals surface area contributed by atoms with E-state index in [4.69, 9.17) is 0 Å². The van der Waals surface area contributed by atoms with Crippen LogP contribution < -0.4 is 5.32 Å². The van der Waals surface area contributed by atoms with Crippen molar-refractivity contribution in [3.8, 4) is 11.8 Å². The summed E-state index contributed by atoms with van der Waals surface area (Å²) in [6.45, 7) is 6.05. The fourth-order valence-corrected chi connectivity index (χ4v) is 3.55. The quantitative estimate of drug-likeness (QED) is 0.640. The molecule has 2 fully saturated rings. The molecule has 4 rings (SSSR count). The van der Waals surface area contributed by atoms with Crippen molar-refractivity contribution in [2.75, 3.05) is 26.2 Å². The second-order valence-electron chi connectivity index (χ2n) is 7.46. The summed E-state index contributed by atoms with van der Waals surface area (Å²) < 4.78 is 0. The van der Waals surface area contributed by atoms with Gasteiger partial charge in [0.05, 0.1) is 0 Å². The summed E-state index contributed by atoms with van der Waals surface area (Å²) >= 11 is 0. The standard InChI is InChI=1S/C23H25N3O2/c1-2-21(27)25-14-16-26(17-15-25)22(28)24-23(12-13-23)11-10-19-8-5-7-18-6-3-4-9-20(18)19/h2-9,21,27H,1,12-17H2,(H,24,28). The Hall–Kier alpha value is -2.81. The number of urea groups is 1. The minimum absolute atomic E-state index is 0.0718. The summed E-state index contributed by atoms with van der Waals surface area (Å²) in [4.78, 5) is 16.4. The number of carbonyl (C=O) groups excluding carboxylic acids is 1. The normalized spacial score (nSPS) is 19.4. The predicted molar refractivity (Wildman–Crippen MR) is 111 cm³/mol. The molecule has 1 aliphatic carbocycles. The number of hydrogen-bond acceptors (Lipinski definition) is 3. The highest BCUT2D eigenvalue weighted by atomic mass is 16.3. The predicted octanol–water partition coefficient (Wildman–Crippen LogP) is 2.56. The van der Waals surface area contributed by atoms with E-state index >= 15 is 0 Å². The maximum atomic E-state index is 12.7. The molecule has 1 unspecified atom stereocenters. The van der Waals surface area contributed by atoms with Crippen LogP contribution >= 0.6 is 0 Å². The molecule has 2 aromatic carbocycles. The number of nitrogens with one attached hydrogen (secondary N) is 1. The van der Waals surface area contributed by atoms with E-state index in [1.54, 1.807) is 4.90 Å². The first kappa shape index (κ1) is 18.5. The first-order valence-electron chi connectivity index (χ1n) is 9.73. The minimum atomic E-state index is -0.647. The summed E-state index contributed by atoms with van der Waals surface area (Å²) in [5.41, 5.74) is 0.580. The van der Waals surface area contributed by atoms with Gasteiger partial charge in [-0.15, -0.1) is 0 Å². The molecule has 5 nitrogen and oxygen atoms in total. The molecular formula is C23H25N3O2. The number of hydrogen-bond donors (Lipinski definition) is 2. The molecule has 2 N–H and O–H groups in total. The lowest BCUT2D eigenvalue weighted by Gasteiger charge is -2.36. The van der Waals surface area contributed by atoms with Crippen LogP contribution in [0.5, 0.6) is 0 Å². The van der Waals surface area contributed by atoms with Gasteiger partial charge in [0.25, 0.3) is 0 Å². The van der Waals surface area contributed by atoms with Crippen molar-refractivity contribution in [3.05, 3.63) is 60.7 Å². The molecule has 28 heavy (non-hydrogen) atoms. The minimum Gasteiger partial charge on any atom is -0.375 e. The monoisotopic (exact) mass is 375 g/mol. The molecular weight excluding hydrogens is 350 g/mol. The molecule has 1 atom stereocenters. The topological polar surface area (TPSA) is 55.8 Å². The second kappa shape index (κ2) is 7.67. The number of fused-ring (bicyclic) bond motifs is 1. The Bertz CT molecular complexity index is 942. The molecule has 1 saturated carbocycles. The molecule has 0 radical (unpaired) electrons. The van der Waals surface area contributed by atoms with E-state index in [0.717, 1.165) is 23.8 Å². The van der Waals surface area contributed by atoms with Crippen molar-refractivity contribution in [2.45, 2.75) is 24.6 Å². The van der Waals surface area contributed by atoms with Crippen LogP contribution in [-0.4, -0.2) is 58.9 Å². The molecule has 2 aromatic rings. The molecule has 2 aliphatic rings. The zero-order valence-corrected chi connectivity index (χ0v) is 15.9. The zero-order chi connectivity index (χ0) is 19.6. The highest BCUT2D eigenvalue weighted by Crippen LogP contribution is 2.35. The van der Waals surface area contributed by atoms with E-state index in [1.807, 2.05) is 29.2 Å². The fraction of sp³-hybridized carbons (Fsp3) is 0.348. The van der Waals surface area contributed by atoms with Gasteiger partial charge in [0.2, 0.25) is 0 Å². The van der Waals surface area contributed by atoms with Gasteiger partial charge in [0.15, 0.2) is 0 Å². The van der Waals surface area contributed by atoms with E-state index in [9.17, 15) is 9.90 Å². The third-order valence-electron chi connectivity index (χ3n) is 5.51. The Morgan fingerprint density at radius 3 is 2.57 bits per heavy atom. The molecule has 0 aromatic heterocycles. The average molecular weight is 375 g/mol. The van der Waals surface area contributed by atoms with E-state index in [2.05, 4.69) is 41.9 Å². The number of aliphatic hydroxyl groups is 1.